The van der Waals surface area contributed by atoms with Crippen molar-refractivity contribution < 1.29 is 0 Å². The Balaban J connectivity index is 2.22. The van der Waals surface area contributed by atoms with Gasteiger partial charge in [-0.25, -0.2) is 0 Å². The minimum atomic E-state index is 0.212. The van der Waals surface area contributed by atoms with Crippen LogP contribution in [0.3, 0.4) is 0 Å². The number of thiophene rings is 1. The van der Waals surface area contributed by atoms with Crippen LogP contribution in [0.4, 0.5) is 0 Å². The van der Waals surface area contributed by atoms with Crippen LogP contribution < -0.4 is 5.73 Å². The molecule has 2 rings (SSSR count). The first-order valence-electron chi connectivity index (χ1n) is 6.80. The Kier molecular flexibility index (Phi) is 5.40. The van der Waals surface area contributed by atoms with E-state index in [9.17, 15) is 0 Å². The zero-order chi connectivity index (χ0) is 14.0. The quantitative estimate of drug-likeness (QED) is 0.873. The van der Waals surface area contributed by atoms with Gasteiger partial charge in [-0.1, -0.05) is 6.92 Å². The third-order valence-corrected chi connectivity index (χ3v) is 6.67. The molecule has 2 heterocycles. The van der Waals surface area contributed by atoms with Crippen LogP contribution in [0.1, 0.15) is 38.1 Å². The van der Waals surface area contributed by atoms with Crippen molar-refractivity contribution in [2.45, 2.75) is 44.0 Å². The van der Waals surface area contributed by atoms with E-state index >= 15 is 0 Å². The highest BCUT2D eigenvalue weighted by Gasteiger charge is 2.34. The smallest absolute Gasteiger partial charge is 0.0594 e. The van der Waals surface area contributed by atoms with Gasteiger partial charge < -0.3 is 5.73 Å². The molecule has 2 N–H and O–H groups in total. The number of hydrogen-bond donors (Lipinski definition) is 1. The third kappa shape index (κ3) is 3.97. The Bertz CT molecular complexity index is 419. The summed E-state index contributed by atoms with van der Waals surface area (Å²) in [5, 5.41) is 2.16. The molecule has 0 radical (unpaired) electrons. The van der Waals surface area contributed by atoms with Crippen molar-refractivity contribution in [3.05, 3.63) is 20.8 Å². The number of rotatable bonds is 4. The summed E-state index contributed by atoms with van der Waals surface area (Å²) in [5.41, 5.74) is 6.42. The summed E-state index contributed by atoms with van der Waals surface area (Å²) < 4.78 is 1.50. The maximum Gasteiger partial charge on any atom is 0.0594 e. The number of nitrogens with two attached hydrogens (primary N) is 1. The van der Waals surface area contributed by atoms with Crippen molar-refractivity contribution in [1.29, 1.82) is 0 Å². The van der Waals surface area contributed by atoms with Crippen molar-refractivity contribution in [2.24, 2.45) is 5.73 Å². The first kappa shape index (κ1) is 15.8. The Morgan fingerprint density at radius 3 is 2.79 bits per heavy atom. The molecule has 2 atom stereocenters. The van der Waals surface area contributed by atoms with Gasteiger partial charge in [-0.3, -0.25) is 4.90 Å². The normalized spacial score (nSPS) is 23.2. The minimum Gasteiger partial charge on any atom is -0.326 e. The molecule has 1 saturated heterocycles. The van der Waals surface area contributed by atoms with Gasteiger partial charge in [0.2, 0.25) is 0 Å². The van der Waals surface area contributed by atoms with E-state index < -0.39 is 0 Å². The molecular formula is C14H23BrN2S2. The second kappa shape index (κ2) is 6.48. The van der Waals surface area contributed by atoms with Crippen molar-refractivity contribution >= 4 is 39.0 Å². The fourth-order valence-electron chi connectivity index (χ4n) is 2.66. The van der Waals surface area contributed by atoms with E-state index in [1.54, 1.807) is 0 Å². The predicted molar refractivity (Wildman–Crippen MR) is 91.1 cm³/mol. The van der Waals surface area contributed by atoms with Crippen molar-refractivity contribution in [1.82, 2.24) is 4.90 Å². The fraction of sp³-hybridized carbons (Fsp3) is 0.714. The molecule has 1 aliphatic heterocycles. The summed E-state index contributed by atoms with van der Waals surface area (Å²) in [5.74, 6) is 1.20. The second-order valence-corrected chi connectivity index (χ2v) is 9.42. The van der Waals surface area contributed by atoms with E-state index in [4.69, 9.17) is 5.73 Å². The van der Waals surface area contributed by atoms with Gasteiger partial charge in [-0.15, -0.1) is 11.3 Å². The Morgan fingerprint density at radius 2 is 2.26 bits per heavy atom. The molecular weight excluding hydrogens is 340 g/mol. The van der Waals surface area contributed by atoms with Crippen molar-refractivity contribution in [2.75, 3.05) is 18.8 Å². The molecule has 2 nitrogen and oxygen atoms in total. The van der Waals surface area contributed by atoms with Gasteiger partial charge in [0.15, 0.2) is 0 Å². The molecule has 1 aliphatic rings. The van der Waals surface area contributed by atoms with E-state index in [0.29, 0.717) is 10.8 Å². The standard InChI is InChI=1S/C14H23BrN2S2/c1-4-11(16)13(12-7-10(15)8-18-12)17-5-6-19-14(2,3)9-17/h7-8,11,13H,4-6,9,16H2,1-3H3. The molecule has 19 heavy (non-hydrogen) atoms. The molecule has 1 aromatic rings. The maximum absolute atomic E-state index is 6.42. The molecule has 5 heteroatoms. The van der Waals surface area contributed by atoms with Gasteiger partial charge >= 0.3 is 0 Å². The number of nitrogens with zero attached hydrogens (tertiary/aromatic N) is 1. The molecule has 1 fully saturated rings. The molecule has 0 aromatic carbocycles. The van der Waals surface area contributed by atoms with Crippen LogP contribution in [-0.4, -0.2) is 34.5 Å². The average Bonchev–Trinajstić information content (AvgIpc) is 2.74. The van der Waals surface area contributed by atoms with Crippen LogP contribution >= 0.6 is 39.0 Å². The summed E-state index contributed by atoms with van der Waals surface area (Å²) >= 11 is 7.46. The van der Waals surface area contributed by atoms with Gasteiger partial charge in [0.25, 0.3) is 0 Å². The Hall–Kier alpha value is 0.450. The van der Waals surface area contributed by atoms with Crippen LogP contribution in [0.2, 0.25) is 0 Å². The van der Waals surface area contributed by atoms with Crippen molar-refractivity contribution in [3.8, 4) is 0 Å². The molecule has 0 spiro atoms. The molecule has 1 aromatic heterocycles. The lowest BCUT2D eigenvalue weighted by Gasteiger charge is -2.43. The third-order valence-electron chi connectivity index (χ3n) is 3.60. The molecule has 0 amide bonds. The van der Waals surface area contributed by atoms with Crippen LogP contribution in [0.5, 0.6) is 0 Å². The van der Waals surface area contributed by atoms with Gasteiger partial charge in [0, 0.05) is 44.4 Å². The van der Waals surface area contributed by atoms with Crippen LogP contribution in [-0.2, 0) is 0 Å². The summed E-state index contributed by atoms with van der Waals surface area (Å²) in [4.78, 5) is 3.98. The van der Waals surface area contributed by atoms with E-state index in [1.807, 2.05) is 11.3 Å². The zero-order valence-corrected chi connectivity index (χ0v) is 15.1. The van der Waals surface area contributed by atoms with Crippen LogP contribution in [0, 0.1) is 0 Å². The summed E-state index contributed by atoms with van der Waals surface area (Å²) in [6, 6.07) is 2.81. The second-order valence-electron chi connectivity index (χ2n) is 5.76. The van der Waals surface area contributed by atoms with Gasteiger partial charge in [0.1, 0.15) is 0 Å². The van der Waals surface area contributed by atoms with Crippen molar-refractivity contribution in [3.63, 3.8) is 0 Å². The number of hydrogen-bond acceptors (Lipinski definition) is 4. The lowest BCUT2D eigenvalue weighted by Crippen LogP contribution is -2.49. The summed E-state index contributed by atoms with van der Waals surface area (Å²) in [6.45, 7) is 9.11. The van der Waals surface area contributed by atoms with Gasteiger partial charge in [0.05, 0.1) is 6.04 Å². The zero-order valence-electron chi connectivity index (χ0n) is 11.9. The summed E-state index contributed by atoms with van der Waals surface area (Å²) in [7, 11) is 0. The molecule has 0 bridgehead atoms. The highest BCUT2D eigenvalue weighted by molar-refractivity contribution is 9.10. The lowest BCUT2D eigenvalue weighted by atomic mass is 10.0. The van der Waals surface area contributed by atoms with Crippen LogP contribution in [0.15, 0.2) is 15.9 Å². The fourth-order valence-corrected chi connectivity index (χ4v) is 5.45. The topological polar surface area (TPSA) is 29.3 Å². The monoisotopic (exact) mass is 362 g/mol. The lowest BCUT2D eigenvalue weighted by molar-refractivity contribution is 0.164. The predicted octanol–water partition coefficient (Wildman–Crippen LogP) is 4.12. The van der Waals surface area contributed by atoms with Gasteiger partial charge in [-0.05, 0) is 42.3 Å². The van der Waals surface area contributed by atoms with E-state index in [0.717, 1.165) is 19.5 Å². The van der Waals surface area contributed by atoms with E-state index in [2.05, 4.69) is 64.8 Å². The number of halogens is 1. The first-order chi connectivity index (χ1) is 8.93. The molecule has 2 unspecified atom stereocenters. The Morgan fingerprint density at radius 1 is 1.53 bits per heavy atom. The first-order valence-corrected chi connectivity index (χ1v) is 9.46. The SMILES string of the molecule is CCC(N)C(c1cc(Br)cs1)N1CCSC(C)(C)C1. The minimum absolute atomic E-state index is 0.212. The highest BCUT2D eigenvalue weighted by atomic mass is 79.9. The maximum atomic E-state index is 6.42. The summed E-state index contributed by atoms with van der Waals surface area (Å²) in [6.07, 6.45) is 1.02. The largest absolute Gasteiger partial charge is 0.326 e. The molecule has 0 aliphatic carbocycles. The Labute approximate surface area is 133 Å². The van der Waals surface area contributed by atoms with Gasteiger partial charge in [-0.2, -0.15) is 11.8 Å². The molecule has 0 saturated carbocycles. The highest BCUT2D eigenvalue weighted by Crippen LogP contribution is 2.38. The average molecular weight is 363 g/mol. The van der Waals surface area contributed by atoms with E-state index in [1.165, 1.54) is 15.1 Å². The number of thioether (sulfide) groups is 1. The molecule has 108 valence electrons. The van der Waals surface area contributed by atoms with Crippen LogP contribution in [0.25, 0.3) is 0 Å². The van der Waals surface area contributed by atoms with E-state index in [-0.39, 0.29) is 6.04 Å².